The molecule has 2 aromatic rings. The molecule has 0 aromatic heterocycles. The van der Waals surface area contributed by atoms with Crippen molar-refractivity contribution in [3.05, 3.63) is 59.7 Å². The number of aryl methyl sites for hydroxylation is 1. The van der Waals surface area contributed by atoms with Gasteiger partial charge in [-0.3, -0.25) is 4.79 Å². The van der Waals surface area contributed by atoms with Crippen LogP contribution in [0.1, 0.15) is 22.8 Å². The van der Waals surface area contributed by atoms with Gasteiger partial charge in [-0.15, -0.1) is 0 Å². The van der Waals surface area contributed by atoms with Gasteiger partial charge in [0.15, 0.2) is 0 Å². The number of hydrogen-bond acceptors (Lipinski definition) is 4. The van der Waals surface area contributed by atoms with Gasteiger partial charge >= 0.3 is 0 Å². The second-order valence-electron chi connectivity index (χ2n) is 6.01. The van der Waals surface area contributed by atoms with Crippen LogP contribution >= 0.6 is 0 Å². The summed E-state index contributed by atoms with van der Waals surface area (Å²) in [5.41, 5.74) is 2.07. The Kier molecular flexibility index (Phi) is 5.70. The number of para-hydroxylation sites is 1. The summed E-state index contributed by atoms with van der Waals surface area (Å²) < 4.78 is 32.1. The molecule has 1 fully saturated rings. The van der Waals surface area contributed by atoms with Crippen LogP contribution in [0.3, 0.4) is 0 Å². The van der Waals surface area contributed by atoms with Crippen molar-refractivity contribution >= 4 is 21.6 Å². The third-order valence-corrected chi connectivity index (χ3v) is 6.25. The number of hydrogen-bond donors (Lipinski definition) is 1. The summed E-state index contributed by atoms with van der Waals surface area (Å²) in [7, 11) is -3.63. The number of anilines is 1. The van der Waals surface area contributed by atoms with E-state index in [4.69, 9.17) is 4.74 Å². The van der Waals surface area contributed by atoms with Crippen molar-refractivity contribution in [1.29, 1.82) is 0 Å². The fourth-order valence-corrected chi connectivity index (χ4v) is 4.33. The molecule has 1 aliphatic rings. The van der Waals surface area contributed by atoms with E-state index in [-0.39, 0.29) is 10.8 Å². The summed E-state index contributed by atoms with van der Waals surface area (Å²) in [6.07, 6.45) is 0.794. The van der Waals surface area contributed by atoms with E-state index in [2.05, 4.69) is 5.32 Å². The fraction of sp³-hybridized carbons (Fsp3) is 0.316. The number of ether oxygens (including phenoxy) is 1. The molecule has 0 radical (unpaired) electrons. The Morgan fingerprint density at radius 3 is 2.58 bits per heavy atom. The van der Waals surface area contributed by atoms with Gasteiger partial charge in [0.1, 0.15) is 0 Å². The predicted molar refractivity (Wildman–Crippen MR) is 99.8 cm³/mol. The van der Waals surface area contributed by atoms with Gasteiger partial charge in [0.05, 0.1) is 18.1 Å². The maximum Gasteiger partial charge on any atom is 0.255 e. The van der Waals surface area contributed by atoms with E-state index in [9.17, 15) is 13.2 Å². The maximum absolute atomic E-state index is 12.8. The molecule has 7 heteroatoms. The first-order chi connectivity index (χ1) is 12.5. The number of morpholine rings is 1. The summed E-state index contributed by atoms with van der Waals surface area (Å²) >= 11 is 0. The highest BCUT2D eigenvalue weighted by atomic mass is 32.2. The molecule has 0 saturated carbocycles. The minimum atomic E-state index is -3.63. The first-order valence-electron chi connectivity index (χ1n) is 8.59. The average Bonchev–Trinajstić information content (AvgIpc) is 2.69. The number of carbonyl (C=O) groups excluding carboxylic acids is 1. The molecule has 26 heavy (non-hydrogen) atoms. The van der Waals surface area contributed by atoms with Gasteiger partial charge in [0.2, 0.25) is 10.0 Å². The third kappa shape index (κ3) is 3.95. The lowest BCUT2D eigenvalue weighted by molar-refractivity contribution is 0.0730. The van der Waals surface area contributed by atoms with Gasteiger partial charge in [-0.1, -0.05) is 31.2 Å². The highest BCUT2D eigenvalue weighted by molar-refractivity contribution is 7.89. The maximum atomic E-state index is 12.8. The first kappa shape index (κ1) is 18.6. The lowest BCUT2D eigenvalue weighted by Crippen LogP contribution is -2.40. The molecule has 0 aliphatic carbocycles. The summed E-state index contributed by atoms with van der Waals surface area (Å²) in [5, 5.41) is 2.87. The smallest absolute Gasteiger partial charge is 0.255 e. The molecule has 0 spiro atoms. The quantitative estimate of drug-likeness (QED) is 0.873. The molecule has 1 aliphatic heterocycles. The minimum Gasteiger partial charge on any atom is -0.379 e. The number of sulfonamides is 1. The van der Waals surface area contributed by atoms with Crippen LogP contribution in [-0.2, 0) is 21.2 Å². The van der Waals surface area contributed by atoms with E-state index < -0.39 is 10.0 Å². The highest BCUT2D eigenvalue weighted by Gasteiger charge is 2.26. The molecule has 1 N–H and O–H groups in total. The van der Waals surface area contributed by atoms with Crippen molar-refractivity contribution in [2.24, 2.45) is 0 Å². The normalized spacial score (nSPS) is 15.6. The zero-order valence-corrected chi connectivity index (χ0v) is 15.5. The molecule has 0 atom stereocenters. The lowest BCUT2D eigenvalue weighted by Gasteiger charge is -2.26. The molecular formula is C19H22N2O4S. The average molecular weight is 374 g/mol. The Balaban J connectivity index is 1.83. The number of amides is 1. The molecular weight excluding hydrogens is 352 g/mol. The van der Waals surface area contributed by atoms with E-state index in [0.717, 1.165) is 17.7 Å². The van der Waals surface area contributed by atoms with Crippen LogP contribution in [-0.4, -0.2) is 44.9 Å². The van der Waals surface area contributed by atoms with Gasteiger partial charge in [-0.25, -0.2) is 8.42 Å². The van der Waals surface area contributed by atoms with Crippen LogP contribution in [0.2, 0.25) is 0 Å². The van der Waals surface area contributed by atoms with Crippen LogP contribution in [0.25, 0.3) is 0 Å². The van der Waals surface area contributed by atoms with Crippen LogP contribution in [0.5, 0.6) is 0 Å². The Labute approximate surface area is 153 Å². The van der Waals surface area contributed by atoms with Crippen molar-refractivity contribution in [1.82, 2.24) is 4.31 Å². The zero-order chi connectivity index (χ0) is 18.6. The van der Waals surface area contributed by atoms with Crippen molar-refractivity contribution in [2.45, 2.75) is 18.2 Å². The van der Waals surface area contributed by atoms with Crippen molar-refractivity contribution in [3.63, 3.8) is 0 Å². The van der Waals surface area contributed by atoms with Gasteiger partial charge in [-0.2, -0.15) is 4.31 Å². The van der Waals surface area contributed by atoms with Crippen molar-refractivity contribution in [3.8, 4) is 0 Å². The van der Waals surface area contributed by atoms with E-state index >= 15 is 0 Å². The molecule has 0 bridgehead atoms. The Morgan fingerprint density at radius 2 is 1.85 bits per heavy atom. The zero-order valence-electron chi connectivity index (χ0n) is 14.6. The predicted octanol–water partition coefficient (Wildman–Crippen LogP) is 2.52. The molecule has 1 saturated heterocycles. The van der Waals surface area contributed by atoms with E-state index in [1.165, 1.54) is 16.4 Å². The van der Waals surface area contributed by atoms with Crippen LogP contribution in [0, 0.1) is 0 Å². The third-order valence-electron chi connectivity index (χ3n) is 4.35. The summed E-state index contributed by atoms with van der Waals surface area (Å²) in [5.74, 6) is -0.329. The van der Waals surface area contributed by atoms with Gasteiger partial charge in [0, 0.05) is 24.3 Å². The van der Waals surface area contributed by atoms with Gasteiger partial charge in [-0.05, 0) is 36.2 Å². The summed E-state index contributed by atoms with van der Waals surface area (Å²) in [6, 6.07) is 13.7. The van der Waals surface area contributed by atoms with Crippen LogP contribution < -0.4 is 5.32 Å². The number of nitrogens with one attached hydrogen (secondary N) is 1. The minimum absolute atomic E-state index is 0.121. The van der Waals surface area contributed by atoms with E-state index in [1.54, 1.807) is 12.1 Å². The molecule has 3 rings (SSSR count). The van der Waals surface area contributed by atoms with Gasteiger partial charge < -0.3 is 10.1 Å². The summed E-state index contributed by atoms with van der Waals surface area (Å²) in [6.45, 7) is 3.42. The second kappa shape index (κ2) is 7.99. The molecule has 138 valence electrons. The summed E-state index contributed by atoms with van der Waals surface area (Å²) in [4.78, 5) is 12.7. The lowest BCUT2D eigenvalue weighted by atomic mass is 10.1. The number of carbonyl (C=O) groups is 1. The number of nitrogens with zero attached hydrogens (tertiary/aromatic N) is 1. The van der Waals surface area contributed by atoms with Crippen molar-refractivity contribution in [2.75, 3.05) is 31.6 Å². The standard InChI is InChI=1S/C19H22N2O4S/c1-2-15-6-3-4-9-18(15)20-19(22)16-7-5-8-17(14-16)26(23,24)21-10-12-25-13-11-21/h3-9,14H,2,10-13H2,1H3,(H,20,22). The first-order valence-corrected chi connectivity index (χ1v) is 10.0. The van der Waals surface area contributed by atoms with Gasteiger partial charge in [0.25, 0.3) is 5.91 Å². The molecule has 1 amide bonds. The fourth-order valence-electron chi connectivity index (χ4n) is 2.88. The van der Waals surface area contributed by atoms with Crippen LogP contribution in [0.4, 0.5) is 5.69 Å². The topological polar surface area (TPSA) is 75.7 Å². The Bertz CT molecular complexity index is 890. The Morgan fingerprint density at radius 1 is 1.12 bits per heavy atom. The molecule has 1 heterocycles. The Hall–Kier alpha value is -2.22. The second-order valence-corrected chi connectivity index (χ2v) is 7.95. The van der Waals surface area contributed by atoms with E-state index in [1.807, 2.05) is 31.2 Å². The number of rotatable bonds is 5. The molecule has 6 nitrogen and oxygen atoms in total. The SMILES string of the molecule is CCc1ccccc1NC(=O)c1cccc(S(=O)(=O)N2CCOCC2)c1. The largest absolute Gasteiger partial charge is 0.379 e. The van der Waals surface area contributed by atoms with E-state index in [0.29, 0.717) is 31.9 Å². The number of benzene rings is 2. The highest BCUT2D eigenvalue weighted by Crippen LogP contribution is 2.20. The van der Waals surface area contributed by atoms with Crippen LogP contribution in [0.15, 0.2) is 53.4 Å². The van der Waals surface area contributed by atoms with Crippen molar-refractivity contribution < 1.29 is 17.9 Å². The molecule has 2 aromatic carbocycles. The monoisotopic (exact) mass is 374 g/mol. The molecule has 0 unspecified atom stereocenters.